The summed E-state index contributed by atoms with van der Waals surface area (Å²) < 4.78 is 0. The highest BCUT2D eigenvalue weighted by molar-refractivity contribution is 7.18. The number of hydrogen-bond donors (Lipinski definition) is 2. The largest absolute Gasteiger partial charge is 0.320 e. The first-order valence-corrected chi connectivity index (χ1v) is 11.5. The van der Waals surface area contributed by atoms with Gasteiger partial charge in [-0.25, -0.2) is 9.97 Å². The minimum Gasteiger partial charge on any atom is -0.320 e. The number of aryl methyl sites for hydroxylation is 1. The average molecular weight is 412 g/mol. The van der Waals surface area contributed by atoms with Gasteiger partial charge in [-0.2, -0.15) is 0 Å². The number of hydrogen-bond acceptors (Lipinski definition) is 4. The summed E-state index contributed by atoms with van der Waals surface area (Å²) in [5.41, 5.74) is 1.32. The van der Waals surface area contributed by atoms with E-state index in [-0.39, 0.29) is 11.6 Å². The first-order chi connectivity index (χ1) is 14.1. The van der Waals surface area contributed by atoms with Gasteiger partial charge in [0.2, 0.25) is 0 Å². The van der Waals surface area contributed by atoms with Crippen LogP contribution in [0.2, 0.25) is 0 Å². The lowest BCUT2D eigenvalue weighted by Crippen LogP contribution is -3.15. The number of thiophene rings is 1. The number of rotatable bonds is 3. The molecule has 0 unspecified atom stereocenters. The summed E-state index contributed by atoms with van der Waals surface area (Å²) in [4.78, 5) is 30.5. The van der Waals surface area contributed by atoms with E-state index in [0.29, 0.717) is 5.92 Å². The second kappa shape index (κ2) is 7.54. The first-order valence-electron chi connectivity index (χ1n) is 10.7. The molecule has 1 saturated heterocycles. The van der Waals surface area contributed by atoms with Gasteiger partial charge < -0.3 is 9.88 Å². The Morgan fingerprint density at radius 3 is 2.93 bits per heavy atom. The van der Waals surface area contributed by atoms with Crippen molar-refractivity contribution in [3.63, 3.8) is 0 Å². The second-order valence-corrected chi connectivity index (χ2v) is 9.68. The van der Waals surface area contributed by atoms with Crippen LogP contribution in [0.15, 0.2) is 29.2 Å². The van der Waals surface area contributed by atoms with E-state index < -0.39 is 0 Å². The monoisotopic (exact) mass is 411 g/mol. The fraction of sp³-hybridized carbons (Fsp3) is 0.500. The second-order valence-electron chi connectivity index (χ2n) is 8.60. The summed E-state index contributed by atoms with van der Waals surface area (Å²) in [6.45, 7) is 8.55. The molecule has 7 heteroatoms. The third-order valence-electron chi connectivity index (χ3n) is 6.65. The highest BCUT2D eigenvalue weighted by atomic mass is 32.1. The van der Waals surface area contributed by atoms with Crippen LogP contribution in [0.25, 0.3) is 10.2 Å². The van der Waals surface area contributed by atoms with Gasteiger partial charge in [-0.05, 0) is 43.7 Å². The Hall–Kier alpha value is -2.25. The maximum atomic E-state index is 12.9. The van der Waals surface area contributed by atoms with Crippen LogP contribution in [0.4, 0.5) is 5.82 Å². The van der Waals surface area contributed by atoms with E-state index in [1.54, 1.807) is 11.3 Å². The van der Waals surface area contributed by atoms with Gasteiger partial charge in [0.1, 0.15) is 37.1 Å². The van der Waals surface area contributed by atoms with E-state index in [4.69, 9.17) is 4.98 Å². The van der Waals surface area contributed by atoms with E-state index in [1.807, 2.05) is 12.3 Å². The van der Waals surface area contributed by atoms with Crippen LogP contribution >= 0.6 is 11.3 Å². The van der Waals surface area contributed by atoms with Gasteiger partial charge >= 0.3 is 0 Å². The Morgan fingerprint density at radius 2 is 2.17 bits per heavy atom. The van der Waals surface area contributed by atoms with Gasteiger partial charge in [-0.15, -0.1) is 11.3 Å². The standard InChI is InChI=1S/C22H27N5OS/c1-14-6-7-16-17(13-14)29-22-19(16)21(28)24-20(25-22)15(2)26-9-11-27(12-10-26)18-5-3-4-8-23-18/h3-5,8,14-15H,6-7,9-13H2,1-2H3,(H,24,25,28)/p+2/t14-,15-/m1/s1. The molecule has 0 radical (unpaired) electrons. The van der Waals surface area contributed by atoms with Crippen LogP contribution in [0.3, 0.4) is 0 Å². The number of pyridine rings is 1. The van der Waals surface area contributed by atoms with Crippen molar-refractivity contribution < 1.29 is 9.88 Å². The zero-order chi connectivity index (χ0) is 20.0. The van der Waals surface area contributed by atoms with E-state index in [9.17, 15) is 4.79 Å². The van der Waals surface area contributed by atoms with Gasteiger partial charge in [0.25, 0.3) is 11.4 Å². The van der Waals surface area contributed by atoms with E-state index >= 15 is 0 Å². The van der Waals surface area contributed by atoms with Crippen molar-refractivity contribution in [1.29, 1.82) is 0 Å². The molecule has 0 aromatic carbocycles. The molecular weight excluding hydrogens is 382 g/mol. The summed E-state index contributed by atoms with van der Waals surface area (Å²) in [5, 5.41) is 0.854. The summed E-state index contributed by atoms with van der Waals surface area (Å²) in [6, 6.07) is 6.39. The lowest BCUT2D eigenvalue weighted by molar-refractivity contribution is -0.931. The molecule has 2 atom stereocenters. The molecule has 3 N–H and O–H groups in total. The van der Waals surface area contributed by atoms with Gasteiger partial charge in [0.15, 0.2) is 5.82 Å². The molecule has 0 spiro atoms. The fourth-order valence-corrected chi connectivity index (χ4v) is 6.20. The van der Waals surface area contributed by atoms with Crippen molar-refractivity contribution >= 4 is 27.4 Å². The number of H-pyrrole nitrogens is 2. The molecule has 4 heterocycles. The smallest absolute Gasteiger partial charge is 0.274 e. The highest BCUT2D eigenvalue weighted by Gasteiger charge is 2.31. The molecule has 0 bridgehead atoms. The van der Waals surface area contributed by atoms with Gasteiger partial charge in [-0.3, -0.25) is 9.69 Å². The number of aromatic nitrogens is 3. The predicted octanol–water partition coefficient (Wildman–Crippen LogP) is 1.39. The van der Waals surface area contributed by atoms with Crippen molar-refractivity contribution in [3.8, 4) is 0 Å². The molecule has 5 rings (SSSR count). The van der Waals surface area contributed by atoms with Crippen LogP contribution in [0.5, 0.6) is 0 Å². The molecule has 1 fully saturated rings. The molecule has 3 aromatic heterocycles. The zero-order valence-corrected chi connectivity index (χ0v) is 17.9. The molecule has 1 aliphatic carbocycles. The molecule has 1 aliphatic heterocycles. The molecule has 2 aliphatic rings. The van der Waals surface area contributed by atoms with Gasteiger partial charge in [0.05, 0.1) is 11.6 Å². The van der Waals surface area contributed by atoms with Crippen LogP contribution in [0, 0.1) is 5.92 Å². The molecular formula is C22H29N5OS+2. The molecule has 6 nitrogen and oxygen atoms in total. The summed E-state index contributed by atoms with van der Waals surface area (Å²) >= 11 is 1.74. The Bertz CT molecular complexity index is 1070. The van der Waals surface area contributed by atoms with E-state index in [1.165, 1.54) is 27.6 Å². The highest BCUT2D eigenvalue weighted by Crippen LogP contribution is 2.35. The number of fused-ring (bicyclic) bond motifs is 3. The maximum absolute atomic E-state index is 12.9. The van der Waals surface area contributed by atoms with E-state index in [0.717, 1.165) is 55.1 Å². The molecule has 0 saturated carbocycles. The van der Waals surface area contributed by atoms with Crippen LogP contribution < -0.4 is 20.3 Å². The molecule has 152 valence electrons. The fourth-order valence-electron chi connectivity index (χ4n) is 4.81. The lowest BCUT2D eigenvalue weighted by Gasteiger charge is -2.31. The van der Waals surface area contributed by atoms with Crippen molar-refractivity contribution in [2.75, 3.05) is 31.1 Å². The minimum atomic E-state index is 0.0563. The Balaban J connectivity index is 1.36. The predicted molar refractivity (Wildman–Crippen MR) is 116 cm³/mol. The Labute approximate surface area is 174 Å². The zero-order valence-electron chi connectivity index (χ0n) is 17.1. The van der Waals surface area contributed by atoms with Crippen molar-refractivity contribution in [2.45, 2.75) is 39.2 Å². The van der Waals surface area contributed by atoms with Crippen molar-refractivity contribution in [1.82, 2.24) is 9.97 Å². The average Bonchev–Trinajstić information content (AvgIpc) is 3.11. The summed E-state index contributed by atoms with van der Waals surface area (Å²) in [6.07, 6.45) is 5.25. The van der Waals surface area contributed by atoms with Crippen molar-refractivity contribution in [2.24, 2.45) is 5.92 Å². The van der Waals surface area contributed by atoms with Crippen LogP contribution in [0.1, 0.15) is 42.6 Å². The number of anilines is 1. The van der Waals surface area contributed by atoms with Crippen LogP contribution in [-0.4, -0.2) is 36.1 Å². The number of nitrogens with one attached hydrogen (secondary N) is 3. The van der Waals surface area contributed by atoms with Gasteiger partial charge in [-0.1, -0.05) is 13.0 Å². The molecule has 3 aromatic rings. The molecule has 0 amide bonds. The number of piperazine rings is 1. The Morgan fingerprint density at radius 1 is 1.34 bits per heavy atom. The minimum absolute atomic E-state index is 0.0563. The third kappa shape index (κ3) is 3.46. The summed E-state index contributed by atoms with van der Waals surface area (Å²) in [7, 11) is 0. The molecule has 29 heavy (non-hydrogen) atoms. The topological polar surface area (TPSA) is 67.6 Å². The lowest BCUT2D eigenvalue weighted by atomic mass is 9.89. The maximum Gasteiger partial charge on any atom is 0.274 e. The summed E-state index contributed by atoms with van der Waals surface area (Å²) in [5.74, 6) is 2.71. The number of quaternary nitrogens is 1. The number of nitrogens with zero attached hydrogens (tertiary/aromatic N) is 2. The SMILES string of the molecule is C[C@@H]1CCc2c(sc3nc([C@@H](C)[NH+]4CCN(c5cccc[nH+]5)CC4)[nH]c(=O)c23)C1. The first kappa shape index (κ1) is 18.8. The van der Waals surface area contributed by atoms with Crippen molar-refractivity contribution in [3.05, 3.63) is 51.0 Å². The van der Waals surface area contributed by atoms with Gasteiger partial charge in [0, 0.05) is 10.9 Å². The third-order valence-corrected chi connectivity index (χ3v) is 7.79. The quantitative estimate of drug-likeness (QED) is 0.684. The normalized spacial score (nSPS) is 21.3. The van der Waals surface area contributed by atoms with Crippen LogP contribution in [-0.2, 0) is 12.8 Å². The number of aromatic amines is 2. The Kier molecular flexibility index (Phi) is 4.87. The van der Waals surface area contributed by atoms with E-state index in [2.05, 4.69) is 40.8 Å².